The van der Waals surface area contributed by atoms with Gasteiger partial charge in [-0.1, -0.05) is 0 Å². The molecule has 3 heterocycles. The van der Waals surface area contributed by atoms with Crippen LogP contribution in [0.2, 0.25) is 0 Å². The van der Waals surface area contributed by atoms with Gasteiger partial charge in [-0.2, -0.15) is 13.2 Å². The maximum atomic E-state index is 13.1. The van der Waals surface area contributed by atoms with E-state index in [2.05, 4.69) is 15.3 Å². The van der Waals surface area contributed by atoms with Gasteiger partial charge < -0.3 is 10.1 Å². The molecule has 0 aliphatic carbocycles. The summed E-state index contributed by atoms with van der Waals surface area (Å²) in [5, 5.41) is 3.28. The molecule has 3 aromatic rings. The number of halogens is 3. The molecule has 0 amide bonds. The van der Waals surface area contributed by atoms with Gasteiger partial charge in [-0.25, -0.2) is 9.97 Å². The Morgan fingerprint density at radius 3 is 2.81 bits per heavy atom. The first-order chi connectivity index (χ1) is 12.5. The minimum absolute atomic E-state index is 0.205. The minimum Gasteiger partial charge on any atom is -0.384 e. The van der Waals surface area contributed by atoms with Crippen molar-refractivity contribution in [2.75, 3.05) is 25.6 Å². The molecule has 0 radical (unpaired) electrons. The van der Waals surface area contributed by atoms with Crippen LogP contribution in [-0.2, 0) is 23.8 Å². The third-order valence-corrected chi connectivity index (χ3v) is 4.45. The SMILES string of the molecule is COCCc1nc2ccc(C(F)(F)F)nc2n1-c1ccc2c(c1)CCN2. The van der Waals surface area contributed by atoms with Crippen molar-refractivity contribution < 1.29 is 17.9 Å². The van der Waals surface area contributed by atoms with Crippen LogP contribution in [0.5, 0.6) is 0 Å². The number of methoxy groups -OCH3 is 1. The van der Waals surface area contributed by atoms with Gasteiger partial charge in [-0.15, -0.1) is 0 Å². The fraction of sp³-hybridized carbons (Fsp3) is 0.333. The summed E-state index contributed by atoms with van der Waals surface area (Å²) in [6.45, 7) is 1.28. The zero-order valence-electron chi connectivity index (χ0n) is 14.1. The highest BCUT2D eigenvalue weighted by Crippen LogP contribution is 2.31. The fourth-order valence-electron chi connectivity index (χ4n) is 3.22. The quantitative estimate of drug-likeness (QED) is 0.771. The van der Waals surface area contributed by atoms with E-state index in [0.717, 1.165) is 36.0 Å². The molecule has 1 aliphatic rings. The first-order valence-corrected chi connectivity index (χ1v) is 8.29. The molecule has 26 heavy (non-hydrogen) atoms. The third kappa shape index (κ3) is 2.90. The number of alkyl halides is 3. The summed E-state index contributed by atoms with van der Waals surface area (Å²) in [5.41, 5.74) is 2.66. The van der Waals surface area contributed by atoms with Crippen molar-refractivity contribution in [2.45, 2.75) is 19.0 Å². The maximum Gasteiger partial charge on any atom is 0.433 e. The van der Waals surface area contributed by atoms with Crippen LogP contribution < -0.4 is 5.32 Å². The molecule has 5 nitrogen and oxygen atoms in total. The molecule has 0 atom stereocenters. The summed E-state index contributed by atoms with van der Waals surface area (Å²) in [6.07, 6.45) is -3.15. The average Bonchev–Trinajstić information content (AvgIpc) is 3.21. The molecule has 1 N–H and O–H groups in total. The molecular formula is C18H17F3N4O. The van der Waals surface area contributed by atoms with Crippen LogP contribution in [0.25, 0.3) is 16.9 Å². The normalized spacial score (nSPS) is 13.8. The van der Waals surface area contributed by atoms with Gasteiger partial charge in [0.15, 0.2) is 5.65 Å². The van der Waals surface area contributed by atoms with E-state index < -0.39 is 11.9 Å². The molecule has 0 unspecified atom stereocenters. The van der Waals surface area contributed by atoms with Crippen LogP contribution in [0, 0.1) is 0 Å². The summed E-state index contributed by atoms with van der Waals surface area (Å²) in [6, 6.07) is 8.13. The monoisotopic (exact) mass is 362 g/mol. The second kappa shape index (κ2) is 6.28. The highest BCUT2D eigenvalue weighted by Gasteiger charge is 2.33. The molecule has 0 spiro atoms. The average molecular weight is 362 g/mol. The largest absolute Gasteiger partial charge is 0.433 e. The third-order valence-electron chi connectivity index (χ3n) is 4.45. The number of aromatic nitrogens is 3. The molecule has 0 saturated carbocycles. The van der Waals surface area contributed by atoms with Crippen LogP contribution in [0.3, 0.4) is 0 Å². The molecule has 136 valence electrons. The number of anilines is 1. The number of nitrogens with one attached hydrogen (secondary N) is 1. The van der Waals surface area contributed by atoms with Gasteiger partial charge in [0.2, 0.25) is 0 Å². The highest BCUT2D eigenvalue weighted by molar-refractivity contribution is 5.75. The molecule has 0 saturated heterocycles. The summed E-state index contributed by atoms with van der Waals surface area (Å²) in [7, 11) is 1.58. The number of hydrogen-bond acceptors (Lipinski definition) is 4. The molecule has 4 rings (SSSR count). The van der Waals surface area contributed by atoms with E-state index in [-0.39, 0.29) is 5.65 Å². The summed E-state index contributed by atoms with van der Waals surface area (Å²) >= 11 is 0. The van der Waals surface area contributed by atoms with Crippen molar-refractivity contribution in [1.29, 1.82) is 0 Å². The van der Waals surface area contributed by atoms with Crippen molar-refractivity contribution in [3.63, 3.8) is 0 Å². The minimum atomic E-state index is -4.50. The van der Waals surface area contributed by atoms with E-state index in [0.29, 0.717) is 24.4 Å². The van der Waals surface area contributed by atoms with E-state index in [9.17, 15) is 13.2 Å². The highest BCUT2D eigenvalue weighted by atomic mass is 19.4. The Morgan fingerprint density at radius 1 is 1.19 bits per heavy atom. The van der Waals surface area contributed by atoms with Crippen LogP contribution in [-0.4, -0.2) is 34.8 Å². The molecule has 1 aliphatic heterocycles. The Kier molecular flexibility index (Phi) is 4.07. The predicted octanol–water partition coefficient (Wildman–Crippen LogP) is 3.60. The number of benzene rings is 1. The van der Waals surface area contributed by atoms with E-state index in [4.69, 9.17) is 4.74 Å². The van der Waals surface area contributed by atoms with Gasteiger partial charge in [0.05, 0.1) is 6.61 Å². The molecule has 0 fully saturated rings. The molecular weight excluding hydrogens is 345 g/mol. The standard InChI is InChI=1S/C18H17F3N4O/c1-26-9-7-16-23-14-4-5-15(18(19,20)21)24-17(14)25(16)12-2-3-13-11(10-12)6-8-22-13/h2-5,10,22H,6-9H2,1H3. The Hall–Kier alpha value is -2.61. The topological polar surface area (TPSA) is 52.0 Å². The zero-order chi connectivity index (χ0) is 18.3. The first kappa shape index (κ1) is 16.8. The van der Waals surface area contributed by atoms with Crippen LogP contribution in [0.15, 0.2) is 30.3 Å². The van der Waals surface area contributed by atoms with E-state index in [1.807, 2.05) is 18.2 Å². The molecule has 8 heteroatoms. The van der Waals surface area contributed by atoms with Crippen molar-refractivity contribution in [3.05, 3.63) is 47.4 Å². The second-order valence-electron chi connectivity index (χ2n) is 6.16. The van der Waals surface area contributed by atoms with E-state index in [1.54, 1.807) is 11.7 Å². The lowest BCUT2D eigenvalue weighted by Gasteiger charge is -2.11. The van der Waals surface area contributed by atoms with Gasteiger partial charge in [0, 0.05) is 31.5 Å². The summed E-state index contributed by atoms with van der Waals surface area (Å²) in [5.74, 6) is 0.625. The summed E-state index contributed by atoms with van der Waals surface area (Å²) < 4.78 is 46.2. The van der Waals surface area contributed by atoms with Crippen molar-refractivity contribution >= 4 is 16.9 Å². The number of nitrogens with zero attached hydrogens (tertiary/aromatic N) is 3. The van der Waals surface area contributed by atoms with Crippen molar-refractivity contribution in [3.8, 4) is 5.69 Å². The number of rotatable bonds is 4. The Morgan fingerprint density at radius 2 is 2.04 bits per heavy atom. The lowest BCUT2D eigenvalue weighted by atomic mass is 10.1. The van der Waals surface area contributed by atoms with Gasteiger partial charge in [0.25, 0.3) is 0 Å². The van der Waals surface area contributed by atoms with E-state index in [1.165, 1.54) is 6.07 Å². The van der Waals surface area contributed by atoms with Gasteiger partial charge in [-0.3, -0.25) is 4.57 Å². The van der Waals surface area contributed by atoms with Gasteiger partial charge in [-0.05, 0) is 42.3 Å². The predicted molar refractivity (Wildman–Crippen MR) is 91.6 cm³/mol. The van der Waals surface area contributed by atoms with Crippen LogP contribution in [0.1, 0.15) is 17.1 Å². The number of ether oxygens (including phenoxy) is 1. The Labute approximate surface area is 147 Å². The van der Waals surface area contributed by atoms with Crippen LogP contribution >= 0.6 is 0 Å². The summed E-state index contributed by atoms with van der Waals surface area (Å²) in [4.78, 5) is 8.34. The Balaban J connectivity index is 1.91. The molecule has 1 aromatic carbocycles. The number of fused-ring (bicyclic) bond motifs is 2. The number of hydrogen-bond donors (Lipinski definition) is 1. The van der Waals surface area contributed by atoms with E-state index >= 15 is 0 Å². The Bertz CT molecular complexity index is 965. The smallest absolute Gasteiger partial charge is 0.384 e. The zero-order valence-corrected chi connectivity index (χ0v) is 14.1. The van der Waals surface area contributed by atoms with Gasteiger partial charge in [0.1, 0.15) is 17.0 Å². The molecule has 2 aromatic heterocycles. The lowest BCUT2D eigenvalue weighted by molar-refractivity contribution is -0.141. The van der Waals surface area contributed by atoms with Crippen molar-refractivity contribution in [1.82, 2.24) is 14.5 Å². The van der Waals surface area contributed by atoms with Crippen molar-refractivity contribution in [2.24, 2.45) is 0 Å². The first-order valence-electron chi connectivity index (χ1n) is 8.29. The lowest BCUT2D eigenvalue weighted by Crippen LogP contribution is -2.10. The van der Waals surface area contributed by atoms with Gasteiger partial charge >= 0.3 is 6.18 Å². The number of pyridine rings is 1. The number of imidazole rings is 1. The molecule has 0 bridgehead atoms. The maximum absolute atomic E-state index is 13.1. The second-order valence-corrected chi connectivity index (χ2v) is 6.16. The van der Waals surface area contributed by atoms with Crippen LogP contribution in [0.4, 0.5) is 18.9 Å². The fourth-order valence-corrected chi connectivity index (χ4v) is 3.22.